The number of rotatable bonds is 9. The summed E-state index contributed by atoms with van der Waals surface area (Å²) >= 11 is 6.16. The standard InChI is InChI=1S/C23H27ClN6O7/c1-23(2,3)37-22(32)28(4)19-11-18(24)27-20-15(12-26-29(19)20)21(31)25-8-9-36-13-14-6-7-17(35-5)16(10-14)30(33)34/h6-7,10-12H,8-9,13H2,1-5H3,(H,25,31). The molecule has 0 fully saturated rings. The Morgan fingerprint density at radius 3 is 2.65 bits per heavy atom. The number of nitro groups is 1. The fourth-order valence-electron chi connectivity index (χ4n) is 3.23. The average Bonchev–Trinajstić information content (AvgIpc) is 3.25. The van der Waals surface area contributed by atoms with Crippen LogP contribution in [0.25, 0.3) is 5.65 Å². The highest BCUT2D eigenvalue weighted by Crippen LogP contribution is 2.28. The topological polar surface area (TPSA) is 150 Å². The number of halogens is 1. The molecule has 0 unspecified atom stereocenters. The van der Waals surface area contributed by atoms with E-state index in [9.17, 15) is 19.7 Å². The monoisotopic (exact) mass is 534 g/mol. The Hall–Kier alpha value is -3.97. The second kappa shape index (κ2) is 11.4. The molecule has 198 valence electrons. The number of carbonyl (C=O) groups is 2. The molecule has 3 aromatic rings. The van der Waals surface area contributed by atoms with Gasteiger partial charge in [0.25, 0.3) is 5.91 Å². The second-order valence-electron chi connectivity index (χ2n) is 8.84. The van der Waals surface area contributed by atoms with E-state index in [1.807, 2.05) is 0 Å². The first kappa shape index (κ1) is 27.6. The van der Waals surface area contributed by atoms with E-state index in [0.29, 0.717) is 5.56 Å². The van der Waals surface area contributed by atoms with Gasteiger partial charge in [-0.1, -0.05) is 17.7 Å². The fourth-order valence-corrected chi connectivity index (χ4v) is 3.41. The van der Waals surface area contributed by atoms with Crippen LogP contribution < -0.4 is 15.0 Å². The molecule has 0 aliphatic rings. The van der Waals surface area contributed by atoms with Crippen molar-refractivity contribution in [3.8, 4) is 5.75 Å². The van der Waals surface area contributed by atoms with E-state index in [1.165, 1.54) is 48.0 Å². The first-order valence-corrected chi connectivity index (χ1v) is 11.5. The molecule has 0 aliphatic heterocycles. The van der Waals surface area contributed by atoms with Gasteiger partial charge in [0, 0.05) is 25.7 Å². The lowest BCUT2D eigenvalue weighted by Crippen LogP contribution is -2.35. The number of carbonyl (C=O) groups excluding carboxylic acids is 2. The minimum Gasteiger partial charge on any atom is -0.490 e. The molecule has 1 N–H and O–H groups in total. The van der Waals surface area contributed by atoms with Crippen LogP contribution in [0.2, 0.25) is 5.15 Å². The summed E-state index contributed by atoms with van der Waals surface area (Å²) in [6.07, 6.45) is 0.689. The first-order valence-electron chi connectivity index (χ1n) is 11.1. The van der Waals surface area contributed by atoms with Crippen molar-refractivity contribution in [3.63, 3.8) is 0 Å². The summed E-state index contributed by atoms with van der Waals surface area (Å²) in [6.45, 7) is 5.64. The van der Waals surface area contributed by atoms with Crippen LogP contribution in [0.5, 0.6) is 5.75 Å². The number of methoxy groups -OCH3 is 1. The Morgan fingerprint density at radius 1 is 1.27 bits per heavy atom. The lowest BCUT2D eigenvalue weighted by Gasteiger charge is -2.24. The second-order valence-corrected chi connectivity index (χ2v) is 9.23. The lowest BCUT2D eigenvalue weighted by atomic mass is 10.2. The fraction of sp³-hybridized carbons (Fsp3) is 0.391. The molecular formula is C23H27ClN6O7. The van der Waals surface area contributed by atoms with Gasteiger partial charge in [-0.3, -0.25) is 19.8 Å². The molecule has 3 rings (SSSR count). The Morgan fingerprint density at radius 2 is 2.00 bits per heavy atom. The first-order chi connectivity index (χ1) is 17.4. The summed E-state index contributed by atoms with van der Waals surface area (Å²) in [6, 6.07) is 5.96. The molecule has 0 atom stereocenters. The van der Waals surface area contributed by atoms with Crippen LogP contribution in [0.15, 0.2) is 30.5 Å². The maximum Gasteiger partial charge on any atom is 0.415 e. The zero-order chi connectivity index (χ0) is 27.3. The van der Waals surface area contributed by atoms with Gasteiger partial charge < -0.3 is 19.5 Å². The summed E-state index contributed by atoms with van der Waals surface area (Å²) in [7, 11) is 2.85. The van der Waals surface area contributed by atoms with Crippen LogP contribution in [0.3, 0.4) is 0 Å². The van der Waals surface area contributed by atoms with Gasteiger partial charge in [-0.05, 0) is 32.4 Å². The van der Waals surface area contributed by atoms with Crippen LogP contribution >= 0.6 is 11.6 Å². The molecule has 2 amide bonds. The van der Waals surface area contributed by atoms with Crippen LogP contribution in [-0.2, 0) is 16.1 Å². The number of aromatic nitrogens is 3. The van der Waals surface area contributed by atoms with E-state index in [-0.39, 0.29) is 53.4 Å². The number of amides is 2. The van der Waals surface area contributed by atoms with Gasteiger partial charge >= 0.3 is 11.8 Å². The van der Waals surface area contributed by atoms with Crippen LogP contribution in [0.1, 0.15) is 36.7 Å². The molecule has 2 heterocycles. The van der Waals surface area contributed by atoms with Gasteiger partial charge in [-0.15, -0.1) is 0 Å². The molecule has 0 radical (unpaired) electrons. The lowest BCUT2D eigenvalue weighted by molar-refractivity contribution is -0.385. The minimum absolute atomic E-state index is 0.0596. The molecular weight excluding hydrogens is 508 g/mol. The third-order valence-corrected chi connectivity index (χ3v) is 5.11. The quantitative estimate of drug-likeness (QED) is 0.188. The smallest absolute Gasteiger partial charge is 0.415 e. The highest BCUT2D eigenvalue weighted by Gasteiger charge is 2.25. The summed E-state index contributed by atoms with van der Waals surface area (Å²) in [5, 5.41) is 18.1. The van der Waals surface area contributed by atoms with E-state index in [0.717, 1.165) is 0 Å². The Kier molecular flexibility index (Phi) is 8.50. The summed E-state index contributed by atoms with van der Waals surface area (Å²) < 4.78 is 17.2. The molecule has 0 spiro atoms. The zero-order valence-corrected chi connectivity index (χ0v) is 21.7. The molecule has 2 aromatic heterocycles. The van der Waals surface area contributed by atoms with Crippen molar-refractivity contribution in [3.05, 3.63) is 56.9 Å². The van der Waals surface area contributed by atoms with Crippen molar-refractivity contribution in [1.29, 1.82) is 0 Å². The Labute approximate surface area is 217 Å². The van der Waals surface area contributed by atoms with Gasteiger partial charge in [0.15, 0.2) is 11.4 Å². The maximum atomic E-state index is 12.8. The van der Waals surface area contributed by atoms with Crippen LogP contribution in [0, 0.1) is 10.1 Å². The molecule has 0 aliphatic carbocycles. The molecule has 0 saturated carbocycles. The third kappa shape index (κ3) is 6.83. The van der Waals surface area contributed by atoms with Gasteiger partial charge in [0.1, 0.15) is 22.1 Å². The molecule has 1 aromatic carbocycles. The van der Waals surface area contributed by atoms with E-state index in [4.69, 9.17) is 25.8 Å². The Bertz CT molecular complexity index is 1320. The van der Waals surface area contributed by atoms with E-state index < -0.39 is 22.5 Å². The van der Waals surface area contributed by atoms with Gasteiger partial charge in [0.05, 0.1) is 31.4 Å². The number of fused-ring (bicyclic) bond motifs is 1. The number of nitro benzene ring substituents is 1. The highest BCUT2D eigenvalue weighted by molar-refractivity contribution is 6.30. The number of ether oxygens (including phenoxy) is 3. The number of hydrogen-bond donors (Lipinski definition) is 1. The summed E-state index contributed by atoms with van der Waals surface area (Å²) in [5.41, 5.74) is 0.0180. The average molecular weight is 535 g/mol. The molecule has 37 heavy (non-hydrogen) atoms. The predicted octanol–water partition coefficient (Wildman–Crippen LogP) is 3.62. The highest BCUT2D eigenvalue weighted by atomic mass is 35.5. The van der Waals surface area contributed by atoms with Crippen LogP contribution in [0.4, 0.5) is 16.3 Å². The van der Waals surface area contributed by atoms with Crippen molar-refractivity contribution in [2.24, 2.45) is 0 Å². The summed E-state index contributed by atoms with van der Waals surface area (Å²) in [5.74, 6) is -0.0527. The summed E-state index contributed by atoms with van der Waals surface area (Å²) in [4.78, 5) is 41.3. The van der Waals surface area contributed by atoms with Crippen molar-refractivity contribution in [2.45, 2.75) is 33.0 Å². The van der Waals surface area contributed by atoms with Crippen LogP contribution in [-0.4, -0.2) is 64.4 Å². The third-order valence-electron chi connectivity index (χ3n) is 4.92. The molecule has 13 nitrogen and oxygen atoms in total. The number of nitrogens with zero attached hydrogens (tertiary/aromatic N) is 5. The van der Waals surface area contributed by atoms with Crippen molar-refractivity contribution in [2.75, 3.05) is 32.2 Å². The van der Waals surface area contributed by atoms with E-state index >= 15 is 0 Å². The minimum atomic E-state index is -0.708. The normalized spacial score (nSPS) is 11.3. The van der Waals surface area contributed by atoms with Crippen molar-refractivity contribution >= 4 is 40.8 Å². The molecule has 14 heteroatoms. The molecule has 0 bridgehead atoms. The van der Waals surface area contributed by atoms with Crippen molar-refractivity contribution < 1.29 is 28.7 Å². The maximum absolute atomic E-state index is 12.8. The van der Waals surface area contributed by atoms with Gasteiger partial charge in [0.2, 0.25) is 0 Å². The SMILES string of the molecule is COc1ccc(COCCNC(=O)c2cnn3c(N(C)C(=O)OC(C)(C)C)cc(Cl)nc23)cc1[N+](=O)[O-]. The number of nitrogens with one attached hydrogen (secondary N) is 1. The predicted molar refractivity (Wildman–Crippen MR) is 134 cm³/mol. The zero-order valence-electron chi connectivity index (χ0n) is 21.0. The van der Waals surface area contributed by atoms with E-state index in [2.05, 4.69) is 15.4 Å². The number of benzene rings is 1. The number of hydrogen-bond acceptors (Lipinski definition) is 9. The molecule has 0 saturated heterocycles. The van der Waals surface area contributed by atoms with Gasteiger partial charge in [-0.25, -0.2) is 9.78 Å². The van der Waals surface area contributed by atoms with E-state index in [1.54, 1.807) is 26.8 Å². The van der Waals surface area contributed by atoms with Gasteiger partial charge in [-0.2, -0.15) is 9.61 Å². The van der Waals surface area contributed by atoms with Crippen molar-refractivity contribution in [1.82, 2.24) is 19.9 Å². The Balaban J connectivity index is 1.63. The number of anilines is 1. The largest absolute Gasteiger partial charge is 0.490 e.